The summed E-state index contributed by atoms with van der Waals surface area (Å²) < 4.78 is 5.53. The van der Waals surface area contributed by atoms with E-state index in [-0.39, 0.29) is 30.0 Å². The second-order valence-corrected chi connectivity index (χ2v) is 10.6. The number of nitrogens with two attached hydrogens (primary N) is 2. The monoisotopic (exact) mass is 557 g/mol. The van der Waals surface area contributed by atoms with Crippen LogP contribution in [0.2, 0.25) is 0 Å². The number of ether oxygens (including phenoxy) is 1. The predicted molar refractivity (Wildman–Crippen MR) is 163 cm³/mol. The molecule has 3 aromatic rings. The Morgan fingerprint density at radius 2 is 1.73 bits per heavy atom. The van der Waals surface area contributed by atoms with Gasteiger partial charge in [0.1, 0.15) is 5.75 Å². The SMILES string of the molecule is C=C(CN1Cc2c(ccc3ccc(-c4cc(OC)c(N)c(C(=O)NC5CCCCC5)c4)cc23)C1=O)C(N)=O.CNC. The minimum absolute atomic E-state index is 0.0820. The topological polar surface area (TPSA) is 140 Å². The van der Waals surface area contributed by atoms with Crippen molar-refractivity contribution in [1.29, 1.82) is 0 Å². The van der Waals surface area contributed by atoms with E-state index >= 15 is 0 Å². The first kappa shape index (κ1) is 29.6. The Balaban J connectivity index is 0.00000124. The quantitative estimate of drug-likeness (QED) is 0.256. The van der Waals surface area contributed by atoms with Crippen LogP contribution < -0.4 is 26.8 Å². The summed E-state index contributed by atoms with van der Waals surface area (Å²) in [5, 5.41) is 7.80. The fraction of sp³-hybridized carbons (Fsp3) is 0.344. The fourth-order valence-corrected chi connectivity index (χ4v) is 5.46. The molecule has 1 saturated carbocycles. The van der Waals surface area contributed by atoms with E-state index in [9.17, 15) is 14.4 Å². The molecule has 0 atom stereocenters. The van der Waals surface area contributed by atoms with Gasteiger partial charge in [0.2, 0.25) is 5.91 Å². The van der Waals surface area contributed by atoms with Crippen LogP contribution in [-0.4, -0.2) is 56.4 Å². The maximum Gasteiger partial charge on any atom is 0.254 e. The highest BCUT2D eigenvalue weighted by atomic mass is 16.5. The number of carbonyl (C=O) groups is 3. The molecule has 9 heteroatoms. The zero-order valence-corrected chi connectivity index (χ0v) is 24.0. The number of primary amides is 1. The summed E-state index contributed by atoms with van der Waals surface area (Å²) in [5.74, 6) is -0.555. The van der Waals surface area contributed by atoms with Crippen molar-refractivity contribution in [3.05, 3.63) is 71.3 Å². The van der Waals surface area contributed by atoms with Crippen molar-refractivity contribution in [1.82, 2.24) is 15.5 Å². The minimum Gasteiger partial charge on any atom is -0.495 e. The zero-order valence-electron chi connectivity index (χ0n) is 24.0. The molecular formula is C32H39N5O4. The van der Waals surface area contributed by atoms with Crippen molar-refractivity contribution < 1.29 is 19.1 Å². The third-order valence-electron chi connectivity index (χ3n) is 7.61. The standard InChI is InChI=1S/C30H32N4O4.C2H7N/c1-17(28(32)35)15-34-16-25-22(30(34)37)11-10-18-8-9-19(12-23(18)25)20-13-24(27(31)26(14-20)38-2)29(36)33-21-6-4-3-5-7-21;1-3-2/h8-14,21H,1,3-7,15-16,31H2,2H3,(H2,32,35)(H,33,36);3H,1-2H3. The van der Waals surface area contributed by atoms with E-state index < -0.39 is 5.91 Å². The van der Waals surface area contributed by atoms with Crippen LogP contribution in [0, 0.1) is 0 Å². The molecule has 0 aromatic heterocycles. The van der Waals surface area contributed by atoms with Gasteiger partial charge in [-0.3, -0.25) is 14.4 Å². The number of hydrogen-bond acceptors (Lipinski definition) is 6. The summed E-state index contributed by atoms with van der Waals surface area (Å²) in [6.45, 7) is 4.12. The molecule has 0 unspecified atom stereocenters. The average Bonchev–Trinajstić information content (AvgIpc) is 3.28. The van der Waals surface area contributed by atoms with Crippen LogP contribution in [-0.2, 0) is 11.3 Å². The van der Waals surface area contributed by atoms with E-state index in [4.69, 9.17) is 16.2 Å². The Morgan fingerprint density at radius 3 is 2.39 bits per heavy atom. The lowest BCUT2D eigenvalue weighted by molar-refractivity contribution is -0.114. The van der Waals surface area contributed by atoms with Gasteiger partial charge in [-0.2, -0.15) is 0 Å². The second kappa shape index (κ2) is 12.9. The number of fused-ring (bicyclic) bond motifs is 3. The van der Waals surface area contributed by atoms with Gasteiger partial charge in [-0.05, 0) is 78.7 Å². The van der Waals surface area contributed by atoms with Gasteiger partial charge in [0.25, 0.3) is 11.8 Å². The molecule has 41 heavy (non-hydrogen) atoms. The molecule has 216 valence electrons. The van der Waals surface area contributed by atoms with Crippen molar-refractivity contribution in [2.75, 3.05) is 33.5 Å². The molecule has 0 saturated heterocycles. The maximum absolute atomic E-state index is 13.2. The first-order chi connectivity index (χ1) is 19.7. The Kier molecular flexibility index (Phi) is 9.29. The van der Waals surface area contributed by atoms with Crippen LogP contribution >= 0.6 is 0 Å². The zero-order chi connectivity index (χ0) is 29.7. The van der Waals surface area contributed by atoms with Gasteiger partial charge in [0, 0.05) is 23.7 Å². The number of hydrogen-bond donors (Lipinski definition) is 4. The predicted octanol–water partition coefficient (Wildman–Crippen LogP) is 3.99. The van der Waals surface area contributed by atoms with E-state index in [1.807, 2.05) is 50.5 Å². The molecule has 3 amide bonds. The van der Waals surface area contributed by atoms with Crippen molar-refractivity contribution in [2.45, 2.75) is 44.7 Å². The summed E-state index contributed by atoms with van der Waals surface area (Å²) in [5.41, 5.74) is 15.7. The highest BCUT2D eigenvalue weighted by Gasteiger charge is 2.30. The highest BCUT2D eigenvalue weighted by molar-refractivity contribution is 6.06. The molecule has 2 aliphatic rings. The average molecular weight is 558 g/mol. The summed E-state index contributed by atoms with van der Waals surface area (Å²) in [6.07, 6.45) is 5.37. The second-order valence-electron chi connectivity index (χ2n) is 10.6. The van der Waals surface area contributed by atoms with E-state index in [1.54, 1.807) is 11.0 Å². The Hall–Kier alpha value is -4.37. The van der Waals surface area contributed by atoms with Crippen LogP contribution in [0.25, 0.3) is 21.9 Å². The summed E-state index contributed by atoms with van der Waals surface area (Å²) in [4.78, 5) is 39.3. The number of nitrogens with zero attached hydrogens (tertiary/aromatic N) is 1. The molecule has 6 N–H and O–H groups in total. The van der Waals surface area contributed by atoms with Crippen molar-refractivity contribution in [2.24, 2.45) is 5.73 Å². The number of methoxy groups -OCH3 is 1. The van der Waals surface area contributed by atoms with Crippen LogP contribution in [0.3, 0.4) is 0 Å². The van der Waals surface area contributed by atoms with Gasteiger partial charge >= 0.3 is 0 Å². The van der Waals surface area contributed by atoms with Gasteiger partial charge < -0.3 is 31.7 Å². The lowest BCUT2D eigenvalue weighted by atomic mass is 9.94. The number of nitrogens with one attached hydrogen (secondary N) is 2. The van der Waals surface area contributed by atoms with Gasteiger partial charge in [0.15, 0.2) is 0 Å². The van der Waals surface area contributed by atoms with Crippen molar-refractivity contribution in [3.63, 3.8) is 0 Å². The van der Waals surface area contributed by atoms with E-state index in [2.05, 4.69) is 17.2 Å². The molecule has 9 nitrogen and oxygen atoms in total. The summed E-state index contributed by atoms with van der Waals surface area (Å²) >= 11 is 0. The number of rotatable bonds is 7. The van der Waals surface area contributed by atoms with Gasteiger partial charge in [-0.1, -0.05) is 44.0 Å². The van der Waals surface area contributed by atoms with Crippen molar-refractivity contribution >= 4 is 34.2 Å². The minimum atomic E-state index is -0.624. The molecule has 0 bridgehead atoms. The normalized spacial score (nSPS) is 14.7. The van der Waals surface area contributed by atoms with Gasteiger partial charge in [-0.15, -0.1) is 0 Å². The molecule has 0 radical (unpaired) electrons. The van der Waals surface area contributed by atoms with E-state index in [0.717, 1.165) is 53.1 Å². The Morgan fingerprint density at radius 1 is 1.05 bits per heavy atom. The number of benzene rings is 3. The van der Waals surface area contributed by atoms with Gasteiger partial charge in [-0.25, -0.2) is 0 Å². The van der Waals surface area contributed by atoms with Crippen molar-refractivity contribution in [3.8, 4) is 16.9 Å². The lowest BCUT2D eigenvalue weighted by Crippen LogP contribution is -2.36. The summed E-state index contributed by atoms with van der Waals surface area (Å²) in [7, 11) is 5.28. The molecule has 1 aliphatic heterocycles. The maximum atomic E-state index is 13.2. The molecular weight excluding hydrogens is 518 g/mol. The molecule has 5 rings (SSSR count). The van der Waals surface area contributed by atoms with Crippen LogP contribution in [0.15, 0.2) is 54.6 Å². The van der Waals surface area contributed by atoms with Crippen LogP contribution in [0.5, 0.6) is 5.75 Å². The fourth-order valence-electron chi connectivity index (χ4n) is 5.46. The highest BCUT2D eigenvalue weighted by Crippen LogP contribution is 2.37. The third-order valence-corrected chi connectivity index (χ3v) is 7.61. The lowest BCUT2D eigenvalue weighted by Gasteiger charge is -2.23. The molecule has 1 aliphatic carbocycles. The van der Waals surface area contributed by atoms with E-state index in [1.165, 1.54) is 13.5 Å². The Bertz CT molecular complexity index is 1490. The van der Waals surface area contributed by atoms with E-state index in [0.29, 0.717) is 29.1 Å². The third kappa shape index (κ3) is 6.36. The molecule has 1 heterocycles. The van der Waals surface area contributed by atoms with Gasteiger partial charge in [0.05, 0.1) is 24.9 Å². The first-order valence-electron chi connectivity index (χ1n) is 13.9. The number of carbonyl (C=O) groups excluding carboxylic acids is 3. The Labute approximate surface area is 240 Å². The molecule has 3 aromatic carbocycles. The smallest absolute Gasteiger partial charge is 0.254 e. The number of nitrogen functional groups attached to an aromatic ring is 1. The molecule has 1 fully saturated rings. The number of anilines is 1. The number of amides is 3. The van der Waals surface area contributed by atoms with Crippen LogP contribution in [0.4, 0.5) is 5.69 Å². The largest absolute Gasteiger partial charge is 0.495 e. The molecule has 0 spiro atoms. The van der Waals surface area contributed by atoms with Crippen LogP contribution in [0.1, 0.15) is 58.4 Å². The first-order valence-corrected chi connectivity index (χ1v) is 13.9. The summed E-state index contributed by atoms with van der Waals surface area (Å²) in [6, 6.07) is 13.5.